The molecule has 1 rings (SSSR count). The average molecular weight is 154 g/mol. The zero-order chi connectivity index (χ0) is 8.48. The molecule has 0 N–H and O–H groups in total. The van der Waals surface area contributed by atoms with Crippen LogP contribution in [0.4, 0.5) is 0 Å². The van der Waals surface area contributed by atoms with Gasteiger partial charge in [-0.15, -0.1) is 0 Å². The molecule has 0 aromatic heterocycles. The minimum atomic E-state index is 0.307. The Morgan fingerprint density at radius 2 is 1.91 bits per heavy atom. The number of rotatable bonds is 1. The Hall–Kier alpha value is -0.300. The SMILES string of the molecule is CCC1=C(C(C)(C)C)COC1. The first-order valence-corrected chi connectivity index (χ1v) is 4.35. The largest absolute Gasteiger partial charge is 0.373 e. The van der Waals surface area contributed by atoms with Crippen molar-refractivity contribution < 1.29 is 4.74 Å². The topological polar surface area (TPSA) is 9.23 Å². The second-order valence-corrected chi connectivity index (χ2v) is 4.18. The molecule has 0 amide bonds. The zero-order valence-corrected chi connectivity index (χ0v) is 8.03. The second-order valence-electron chi connectivity index (χ2n) is 4.18. The normalized spacial score (nSPS) is 19.6. The highest BCUT2D eigenvalue weighted by Crippen LogP contribution is 2.32. The van der Waals surface area contributed by atoms with Gasteiger partial charge in [-0.25, -0.2) is 0 Å². The molecule has 1 heterocycles. The fourth-order valence-corrected chi connectivity index (χ4v) is 1.53. The van der Waals surface area contributed by atoms with Crippen LogP contribution >= 0.6 is 0 Å². The van der Waals surface area contributed by atoms with Gasteiger partial charge in [-0.3, -0.25) is 0 Å². The first-order valence-electron chi connectivity index (χ1n) is 4.35. The molecular weight excluding hydrogens is 136 g/mol. The molecule has 1 aliphatic heterocycles. The van der Waals surface area contributed by atoms with E-state index in [2.05, 4.69) is 27.7 Å². The number of hydrogen-bond acceptors (Lipinski definition) is 1. The fourth-order valence-electron chi connectivity index (χ4n) is 1.53. The van der Waals surface area contributed by atoms with Gasteiger partial charge in [0.2, 0.25) is 0 Å². The van der Waals surface area contributed by atoms with Gasteiger partial charge in [-0.05, 0) is 23.0 Å². The maximum absolute atomic E-state index is 5.41. The molecule has 0 saturated carbocycles. The van der Waals surface area contributed by atoms with Crippen LogP contribution in [0.1, 0.15) is 34.1 Å². The summed E-state index contributed by atoms with van der Waals surface area (Å²) in [6.07, 6.45) is 1.15. The molecule has 11 heavy (non-hydrogen) atoms. The van der Waals surface area contributed by atoms with E-state index in [-0.39, 0.29) is 0 Å². The van der Waals surface area contributed by atoms with Crippen molar-refractivity contribution in [3.05, 3.63) is 11.1 Å². The summed E-state index contributed by atoms with van der Waals surface area (Å²) < 4.78 is 5.41. The van der Waals surface area contributed by atoms with Gasteiger partial charge >= 0.3 is 0 Å². The second kappa shape index (κ2) is 2.98. The minimum Gasteiger partial charge on any atom is -0.373 e. The third kappa shape index (κ3) is 1.84. The van der Waals surface area contributed by atoms with Crippen LogP contribution in [-0.2, 0) is 4.74 Å². The van der Waals surface area contributed by atoms with Crippen molar-refractivity contribution in [3.63, 3.8) is 0 Å². The van der Waals surface area contributed by atoms with Gasteiger partial charge in [0.05, 0.1) is 13.2 Å². The van der Waals surface area contributed by atoms with Crippen molar-refractivity contribution in [2.45, 2.75) is 34.1 Å². The maximum Gasteiger partial charge on any atom is 0.0689 e. The Kier molecular flexibility index (Phi) is 2.38. The van der Waals surface area contributed by atoms with Gasteiger partial charge < -0.3 is 4.74 Å². The summed E-state index contributed by atoms with van der Waals surface area (Å²) in [5.74, 6) is 0. The summed E-state index contributed by atoms with van der Waals surface area (Å²) in [6, 6.07) is 0. The molecule has 0 aromatic carbocycles. The molecule has 1 nitrogen and oxygen atoms in total. The highest BCUT2D eigenvalue weighted by atomic mass is 16.5. The summed E-state index contributed by atoms with van der Waals surface area (Å²) in [5, 5.41) is 0. The van der Waals surface area contributed by atoms with E-state index in [1.165, 1.54) is 11.1 Å². The Morgan fingerprint density at radius 1 is 1.27 bits per heavy atom. The van der Waals surface area contributed by atoms with E-state index < -0.39 is 0 Å². The summed E-state index contributed by atoms with van der Waals surface area (Å²) in [7, 11) is 0. The van der Waals surface area contributed by atoms with Crippen LogP contribution in [0.3, 0.4) is 0 Å². The van der Waals surface area contributed by atoms with Crippen molar-refractivity contribution in [2.24, 2.45) is 5.41 Å². The van der Waals surface area contributed by atoms with Gasteiger partial charge in [-0.2, -0.15) is 0 Å². The summed E-state index contributed by atoms with van der Waals surface area (Å²) >= 11 is 0. The van der Waals surface area contributed by atoms with Crippen LogP contribution in [0.15, 0.2) is 11.1 Å². The maximum atomic E-state index is 5.41. The standard InChI is InChI=1S/C10H18O/c1-5-8-6-11-7-9(8)10(2,3)4/h5-7H2,1-4H3. The van der Waals surface area contributed by atoms with Gasteiger partial charge in [-0.1, -0.05) is 27.7 Å². The third-order valence-corrected chi connectivity index (χ3v) is 2.28. The molecule has 0 aromatic rings. The van der Waals surface area contributed by atoms with Crippen molar-refractivity contribution in [1.29, 1.82) is 0 Å². The van der Waals surface area contributed by atoms with Crippen LogP contribution in [0.25, 0.3) is 0 Å². The highest BCUT2D eigenvalue weighted by molar-refractivity contribution is 5.24. The van der Waals surface area contributed by atoms with E-state index in [1.54, 1.807) is 0 Å². The Balaban J connectivity index is 2.83. The molecule has 0 atom stereocenters. The van der Waals surface area contributed by atoms with Crippen molar-refractivity contribution in [2.75, 3.05) is 13.2 Å². The molecule has 0 saturated heterocycles. The van der Waals surface area contributed by atoms with Crippen molar-refractivity contribution in [3.8, 4) is 0 Å². The molecule has 0 aliphatic carbocycles. The van der Waals surface area contributed by atoms with Crippen LogP contribution in [0, 0.1) is 5.41 Å². The van der Waals surface area contributed by atoms with Gasteiger partial charge in [0.25, 0.3) is 0 Å². The minimum absolute atomic E-state index is 0.307. The zero-order valence-electron chi connectivity index (χ0n) is 8.03. The average Bonchev–Trinajstić information content (AvgIpc) is 2.31. The molecule has 64 valence electrons. The van der Waals surface area contributed by atoms with Crippen LogP contribution in [0.5, 0.6) is 0 Å². The van der Waals surface area contributed by atoms with Crippen LogP contribution in [0.2, 0.25) is 0 Å². The van der Waals surface area contributed by atoms with Crippen molar-refractivity contribution in [1.82, 2.24) is 0 Å². The van der Waals surface area contributed by atoms with E-state index >= 15 is 0 Å². The summed E-state index contributed by atoms with van der Waals surface area (Å²) in [4.78, 5) is 0. The predicted molar refractivity (Wildman–Crippen MR) is 47.6 cm³/mol. The number of ether oxygens (including phenoxy) is 1. The molecule has 0 bridgehead atoms. The molecule has 1 heteroatoms. The molecule has 0 spiro atoms. The van der Waals surface area contributed by atoms with E-state index in [4.69, 9.17) is 4.74 Å². The van der Waals surface area contributed by atoms with Gasteiger partial charge in [0.1, 0.15) is 0 Å². The lowest BCUT2D eigenvalue weighted by molar-refractivity contribution is 0.194. The Morgan fingerprint density at radius 3 is 2.27 bits per heavy atom. The van der Waals surface area contributed by atoms with Crippen molar-refractivity contribution >= 4 is 0 Å². The highest BCUT2D eigenvalue weighted by Gasteiger charge is 2.24. The van der Waals surface area contributed by atoms with E-state index in [9.17, 15) is 0 Å². The van der Waals surface area contributed by atoms with Crippen LogP contribution in [-0.4, -0.2) is 13.2 Å². The van der Waals surface area contributed by atoms with Crippen LogP contribution < -0.4 is 0 Å². The molecular formula is C10H18O. The van der Waals surface area contributed by atoms with Gasteiger partial charge in [0, 0.05) is 0 Å². The molecule has 1 aliphatic rings. The lowest BCUT2D eigenvalue weighted by Crippen LogP contribution is -2.11. The Labute approximate surface area is 69.4 Å². The lowest BCUT2D eigenvalue weighted by atomic mass is 9.84. The molecule has 0 fully saturated rings. The third-order valence-electron chi connectivity index (χ3n) is 2.28. The fraction of sp³-hybridized carbons (Fsp3) is 0.800. The summed E-state index contributed by atoms with van der Waals surface area (Å²) in [6.45, 7) is 10.7. The quantitative estimate of drug-likeness (QED) is 0.528. The smallest absolute Gasteiger partial charge is 0.0689 e. The predicted octanol–water partition coefficient (Wildman–Crippen LogP) is 2.77. The number of hydrogen-bond donors (Lipinski definition) is 0. The Bertz CT molecular complexity index is 172. The monoisotopic (exact) mass is 154 g/mol. The van der Waals surface area contributed by atoms with E-state index in [0.29, 0.717) is 5.41 Å². The first kappa shape index (κ1) is 8.79. The molecule has 0 unspecified atom stereocenters. The first-order chi connectivity index (χ1) is 5.05. The van der Waals surface area contributed by atoms with E-state index in [0.717, 1.165) is 19.6 Å². The molecule has 0 radical (unpaired) electrons. The van der Waals surface area contributed by atoms with E-state index in [1.807, 2.05) is 0 Å². The summed E-state index contributed by atoms with van der Waals surface area (Å²) in [5.41, 5.74) is 3.33. The lowest BCUT2D eigenvalue weighted by Gasteiger charge is -2.21. The van der Waals surface area contributed by atoms with Gasteiger partial charge in [0.15, 0.2) is 0 Å².